The molecule has 1 aromatic rings. The van der Waals surface area contributed by atoms with E-state index in [1.165, 1.54) is 6.33 Å². The Morgan fingerprint density at radius 1 is 1.60 bits per heavy atom. The first-order valence-electron chi connectivity index (χ1n) is 2.60. The Labute approximate surface area is 56.5 Å². The highest BCUT2D eigenvalue weighted by atomic mass is 16.4. The van der Waals surface area contributed by atoms with Gasteiger partial charge in [0.25, 0.3) is 0 Å². The van der Waals surface area contributed by atoms with Crippen molar-refractivity contribution < 1.29 is 10.0 Å². The van der Waals surface area contributed by atoms with Gasteiger partial charge in [0.2, 0.25) is 5.56 Å². The molecule has 52 valence electrons. The number of rotatable bonds is 1. The Morgan fingerprint density at radius 3 is 2.70 bits per heavy atom. The zero-order chi connectivity index (χ0) is 7.56. The van der Waals surface area contributed by atoms with Crippen molar-refractivity contribution >= 4 is 12.6 Å². The molecule has 0 aliphatic heterocycles. The topological polar surface area (TPSA) is 86.2 Å². The van der Waals surface area contributed by atoms with E-state index in [1.807, 2.05) is 0 Å². The second-order valence-corrected chi connectivity index (χ2v) is 1.71. The van der Waals surface area contributed by atoms with Crippen molar-refractivity contribution in [2.75, 3.05) is 0 Å². The average Bonchev–Trinajstić information content (AvgIpc) is 1.88. The minimum Gasteiger partial charge on any atom is -0.423 e. The molecule has 10 heavy (non-hydrogen) atoms. The minimum absolute atomic E-state index is 0.150. The molecule has 0 aliphatic carbocycles. The fraction of sp³-hybridized carbons (Fsp3) is 0. The van der Waals surface area contributed by atoms with Gasteiger partial charge < -0.3 is 15.0 Å². The van der Waals surface area contributed by atoms with Gasteiger partial charge in [0.1, 0.15) is 0 Å². The predicted molar refractivity (Wildman–Crippen MR) is 34.7 cm³/mol. The maximum absolute atomic E-state index is 10.6. The summed E-state index contributed by atoms with van der Waals surface area (Å²) in [6.45, 7) is 0. The third kappa shape index (κ3) is 1.23. The SMILES string of the molecule is O=c1[nH]cncc1B(O)O. The lowest BCUT2D eigenvalue weighted by molar-refractivity contribution is 0.425. The van der Waals surface area contributed by atoms with Crippen molar-refractivity contribution in [2.24, 2.45) is 0 Å². The van der Waals surface area contributed by atoms with Crippen LogP contribution >= 0.6 is 0 Å². The van der Waals surface area contributed by atoms with Gasteiger partial charge in [0.15, 0.2) is 0 Å². The van der Waals surface area contributed by atoms with Crippen molar-refractivity contribution in [1.82, 2.24) is 9.97 Å². The van der Waals surface area contributed by atoms with Crippen molar-refractivity contribution in [1.29, 1.82) is 0 Å². The monoisotopic (exact) mass is 140 g/mol. The van der Waals surface area contributed by atoms with Crippen LogP contribution in [0.3, 0.4) is 0 Å². The third-order valence-electron chi connectivity index (χ3n) is 1.02. The lowest BCUT2D eigenvalue weighted by atomic mass is 9.82. The van der Waals surface area contributed by atoms with Gasteiger partial charge in [-0.15, -0.1) is 0 Å². The molecule has 0 fully saturated rings. The van der Waals surface area contributed by atoms with E-state index in [0.717, 1.165) is 6.20 Å². The molecule has 0 spiro atoms. The summed E-state index contributed by atoms with van der Waals surface area (Å²) >= 11 is 0. The molecule has 0 atom stereocenters. The van der Waals surface area contributed by atoms with Crippen LogP contribution in [0.25, 0.3) is 0 Å². The second-order valence-electron chi connectivity index (χ2n) is 1.71. The van der Waals surface area contributed by atoms with E-state index in [4.69, 9.17) is 10.0 Å². The normalized spacial score (nSPS) is 9.40. The molecule has 0 saturated heterocycles. The van der Waals surface area contributed by atoms with Gasteiger partial charge in [-0.2, -0.15) is 0 Å². The first-order valence-corrected chi connectivity index (χ1v) is 2.60. The van der Waals surface area contributed by atoms with Gasteiger partial charge in [-0.05, 0) is 0 Å². The Morgan fingerprint density at radius 2 is 2.30 bits per heavy atom. The maximum Gasteiger partial charge on any atom is 0.495 e. The summed E-state index contributed by atoms with van der Waals surface area (Å²) in [5, 5.41) is 17.0. The number of aromatic amines is 1. The molecule has 1 heterocycles. The van der Waals surface area contributed by atoms with Crippen LogP contribution in [0, 0.1) is 0 Å². The van der Waals surface area contributed by atoms with E-state index in [2.05, 4.69) is 9.97 Å². The smallest absolute Gasteiger partial charge is 0.423 e. The summed E-state index contributed by atoms with van der Waals surface area (Å²) < 4.78 is 0. The van der Waals surface area contributed by atoms with Crippen LogP contribution in [0.15, 0.2) is 17.3 Å². The lowest BCUT2D eigenvalue weighted by Gasteiger charge is -1.93. The van der Waals surface area contributed by atoms with Gasteiger partial charge in [0, 0.05) is 6.20 Å². The summed E-state index contributed by atoms with van der Waals surface area (Å²) in [5.74, 6) is 0. The zero-order valence-electron chi connectivity index (χ0n) is 4.98. The highest BCUT2D eigenvalue weighted by Gasteiger charge is 2.14. The van der Waals surface area contributed by atoms with Crippen LogP contribution in [0.5, 0.6) is 0 Å². The fourth-order valence-electron chi connectivity index (χ4n) is 0.539. The van der Waals surface area contributed by atoms with E-state index in [1.54, 1.807) is 0 Å². The van der Waals surface area contributed by atoms with Crippen LogP contribution < -0.4 is 11.0 Å². The molecule has 0 bridgehead atoms. The largest absolute Gasteiger partial charge is 0.495 e. The zero-order valence-corrected chi connectivity index (χ0v) is 4.98. The predicted octanol–water partition coefficient (Wildman–Crippen LogP) is -2.55. The van der Waals surface area contributed by atoms with Crippen molar-refractivity contribution in [3.05, 3.63) is 22.9 Å². The quantitative estimate of drug-likeness (QED) is 0.374. The molecule has 0 aliphatic rings. The standard InChI is InChI=1S/C4H5BN2O3/c8-4-3(5(9)10)1-6-2-7-4/h1-2,9-10H,(H,6,7,8). The van der Waals surface area contributed by atoms with E-state index >= 15 is 0 Å². The number of nitrogens with zero attached hydrogens (tertiary/aromatic N) is 1. The van der Waals surface area contributed by atoms with Crippen molar-refractivity contribution in [3.63, 3.8) is 0 Å². The Hall–Kier alpha value is -1.14. The third-order valence-corrected chi connectivity index (χ3v) is 1.02. The van der Waals surface area contributed by atoms with E-state index in [9.17, 15) is 4.79 Å². The second kappa shape index (κ2) is 2.63. The molecule has 5 nitrogen and oxygen atoms in total. The summed E-state index contributed by atoms with van der Waals surface area (Å²) in [4.78, 5) is 16.3. The molecule has 3 N–H and O–H groups in total. The van der Waals surface area contributed by atoms with Crippen LogP contribution in [-0.2, 0) is 0 Å². The van der Waals surface area contributed by atoms with Gasteiger partial charge in [-0.3, -0.25) is 4.79 Å². The number of nitrogens with one attached hydrogen (secondary N) is 1. The van der Waals surface area contributed by atoms with Gasteiger partial charge in [0.05, 0.1) is 11.8 Å². The van der Waals surface area contributed by atoms with Crippen molar-refractivity contribution in [2.45, 2.75) is 0 Å². The van der Waals surface area contributed by atoms with Crippen LogP contribution in [0.1, 0.15) is 0 Å². The first kappa shape index (κ1) is 6.98. The highest BCUT2D eigenvalue weighted by Crippen LogP contribution is 1.65. The molecule has 0 radical (unpaired) electrons. The molecule has 0 amide bonds. The molecule has 1 rings (SSSR count). The number of H-pyrrole nitrogens is 1. The van der Waals surface area contributed by atoms with E-state index < -0.39 is 12.7 Å². The van der Waals surface area contributed by atoms with Crippen LogP contribution in [-0.4, -0.2) is 27.1 Å². The maximum atomic E-state index is 10.6. The van der Waals surface area contributed by atoms with E-state index in [-0.39, 0.29) is 5.46 Å². The summed E-state index contributed by atoms with van der Waals surface area (Å²) in [6.07, 6.45) is 2.28. The highest BCUT2D eigenvalue weighted by molar-refractivity contribution is 6.58. The van der Waals surface area contributed by atoms with E-state index in [0.29, 0.717) is 0 Å². The molecule has 0 unspecified atom stereocenters. The molecule has 6 heteroatoms. The lowest BCUT2D eigenvalue weighted by Crippen LogP contribution is -2.42. The number of hydrogen-bond acceptors (Lipinski definition) is 4. The average molecular weight is 140 g/mol. The summed E-state index contributed by atoms with van der Waals surface area (Å²) in [5.41, 5.74) is -0.687. The van der Waals surface area contributed by atoms with Gasteiger partial charge >= 0.3 is 7.12 Å². The molecule has 0 saturated carbocycles. The Kier molecular flexibility index (Phi) is 1.84. The Bertz CT molecular complexity index is 271. The summed E-state index contributed by atoms with van der Waals surface area (Å²) in [7, 11) is -1.75. The summed E-state index contributed by atoms with van der Waals surface area (Å²) in [6, 6.07) is 0. The number of aromatic nitrogens is 2. The molecule has 1 aromatic heterocycles. The number of hydrogen-bond donors (Lipinski definition) is 3. The fourth-order valence-corrected chi connectivity index (χ4v) is 0.539. The molecule has 0 aromatic carbocycles. The van der Waals surface area contributed by atoms with Gasteiger partial charge in [-0.1, -0.05) is 0 Å². The van der Waals surface area contributed by atoms with Crippen LogP contribution in [0.2, 0.25) is 0 Å². The van der Waals surface area contributed by atoms with Crippen LogP contribution in [0.4, 0.5) is 0 Å². The van der Waals surface area contributed by atoms with Crippen molar-refractivity contribution in [3.8, 4) is 0 Å². The minimum atomic E-state index is -1.75. The molecular weight excluding hydrogens is 135 g/mol. The van der Waals surface area contributed by atoms with Gasteiger partial charge in [-0.25, -0.2) is 4.98 Å². The Balaban J connectivity index is 3.16. The first-order chi connectivity index (χ1) is 4.72. The molecular formula is C4H5BN2O3.